The minimum atomic E-state index is -0.210. The minimum Gasteiger partial charge on any atom is -0.493 e. The molecule has 0 spiro atoms. The summed E-state index contributed by atoms with van der Waals surface area (Å²) in [6.45, 7) is 2.01. The molecular weight excluding hydrogens is 350 g/mol. The van der Waals surface area contributed by atoms with Gasteiger partial charge in [-0.25, -0.2) is 4.98 Å². The average Bonchev–Trinajstić information content (AvgIpc) is 3.00. The zero-order valence-corrected chi connectivity index (χ0v) is 15.5. The molecule has 0 radical (unpaired) electrons. The first kappa shape index (κ1) is 17.8. The van der Waals surface area contributed by atoms with Crippen molar-refractivity contribution in [2.24, 2.45) is 0 Å². The van der Waals surface area contributed by atoms with E-state index in [0.29, 0.717) is 27.1 Å². The molecule has 0 aliphatic rings. The zero-order valence-electron chi connectivity index (χ0n) is 14.7. The molecule has 0 aliphatic carbocycles. The second-order valence-corrected chi connectivity index (χ2v) is 6.63. The predicted molar refractivity (Wildman–Crippen MR) is 104 cm³/mol. The fourth-order valence-electron chi connectivity index (χ4n) is 2.50. The Bertz CT molecular complexity index is 953. The Kier molecular flexibility index (Phi) is 5.09. The lowest BCUT2D eigenvalue weighted by Crippen LogP contribution is -2.03. The van der Waals surface area contributed by atoms with Crippen molar-refractivity contribution in [2.75, 3.05) is 25.3 Å². The third-order valence-corrected chi connectivity index (χ3v) is 4.76. The first-order chi connectivity index (χ1) is 12.5. The van der Waals surface area contributed by atoms with E-state index in [9.17, 15) is 4.79 Å². The summed E-state index contributed by atoms with van der Waals surface area (Å²) in [6, 6.07) is 12.9. The van der Waals surface area contributed by atoms with Crippen molar-refractivity contribution in [1.29, 1.82) is 0 Å². The van der Waals surface area contributed by atoms with Crippen molar-refractivity contribution in [1.82, 2.24) is 4.98 Å². The van der Waals surface area contributed by atoms with Crippen molar-refractivity contribution in [3.63, 3.8) is 0 Å². The molecule has 0 bridgehead atoms. The number of aromatic nitrogens is 1. The van der Waals surface area contributed by atoms with Gasteiger partial charge >= 0.3 is 0 Å². The number of nitrogens with two attached hydrogens (primary N) is 1. The molecule has 7 heteroatoms. The van der Waals surface area contributed by atoms with Gasteiger partial charge in [0.2, 0.25) is 5.78 Å². The third kappa shape index (κ3) is 3.62. The van der Waals surface area contributed by atoms with Gasteiger partial charge in [0.1, 0.15) is 10.7 Å². The molecular formula is C19H19N3O3S. The van der Waals surface area contributed by atoms with Crippen LogP contribution in [0.3, 0.4) is 0 Å². The molecule has 3 aromatic rings. The van der Waals surface area contributed by atoms with E-state index in [1.54, 1.807) is 25.3 Å². The standard InChI is InChI=1S/C19H19N3O3S/c1-11-5-4-6-13(9-11)21-19-22-18(20)17(26-19)16(23)12-7-8-14(24-2)15(10-12)25-3/h4-10H,20H2,1-3H3,(H,21,22). The van der Waals surface area contributed by atoms with Crippen molar-refractivity contribution in [3.8, 4) is 11.5 Å². The molecule has 1 aromatic heterocycles. The number of ketones is 1. The number of rotatable bonds is 6. The van der Waals surface area contributed by atoms with Crippen LogP contribution in [0, 0.1) is 6.92 Å². The maximum atomic E-state index is 12.8. The number of hydrogen-bond acceptors (Lipinski definition) is 7. The highest BCUT2D eigenvalue weighted by molar-refractivity contribution is 7.18. The van der Waals surface area contributed by atoms with Crippen LogP contribution in [0.15, 0.2) is 42.5 Å². The fraction of sp³-hybridized carbons (Fsp3) is 0.158. The van der Waals surface area contributed by atoms with E-state index >= 15 is 0 Å². The van der Waals surface area contributed by atoms with Crippen molar-refractivity contribution in [2.45, 2.75) is 6.92 Å². The molecule has 0 unspecified atom stereocenters. The summed E-state index contributed by atoms with van der Waals surface area (Å²) >= 11 is 1.22. The van der Waals surface area contributed by atoms with Crippen LogP contribution in [0.1, 0.15) is 20.8 Å². The molecule has 3 rings (SSSR count). The molecule has 2 aromatic carbocycles. The van der Waals surface area contributed by atoms with E-state index in [1.807, 2.05) is 31.2 Å². The highest BCUT2D eigenvalue weighted by atomic mass is 32.1. The maximum Gasteiger partial charge on any atom is 0.206 e. The molecule has 134 valence electrons. The van der Waals surface area contributed by atoms with Gasteiger partial charge in [0.25, 0.3) is 0 Å². The number of hydrogen-bond donors (Lipinski definition) is 2. The number of nitrogens with one attached hydrogen (secondary N) is 1. The zero-order chi connectivity index (χ0) is 18.7. The van der Waals surface area contributed by atoms with Gasteiger partial charge in [0, 0.05) is 11.3 Å². The summed E-state index contributed by atoms with van der Waals surface area (Å²) in [5.74, 6) is 1.03. The van der Waals surface area contributed by atoms with Gasteiger partial charge in [0.05, 0.1) is 14.2 Å². The summed E-state index contributed by atoms with van der Waals surface area (Å²) in [5, 5.41) is 3.75. The Balaban J connectivity index is 1.87. The van der Waals surface area contributed by atoms with Gasteiger partial charge in [-0.05, 0) is 42.8 Å². The average molecular weight is 369 g/mol. The molecule has 0 atom stereocenters. The number of carbonyl (C=O) groups is 1. The minimum absolute atomic E-state index is 0.199. The molecule has 0 saturated heterocycles. The van der Waals surface area contributed by atoms with Gasteiger partial charge in [-0.2, -0.15) is 0 Å². The van der Waals surface area contributed by atoms with E-state index in [4.69, 9.17) is 15.2 Å². The molecule has 3 N–H and O–H groups in total. The van der Waals surface area contributed by atoms with E-state index in [0.717, 1.165) is 11.3 Å². The quantitative estimate of drug-likeness (QED) is 0.638. The highest BCUT2D eigenvalue weighted by Gasteiger charge is 2.19. The van der Waals surface area contributed by atoms with Crippen LogP contribution in [-0.2, 0) is 0 Å². The monoisotopic (exact) mass is 369 g/mol. The summed E-state index contributed by atoms with van der Waals surface area (Å²) in [5.41, 5.74) is 8.45. The van der Waals surface area contributed by atoms with E-state index in [1.165, 1.54) is 18.4 Å². The van der Waals surface area contributed by atoms with Crippen LogP contribution in [0.5, 0.6) is 11.5 Å². The summed E-state index contributed by atoms with van der Waals surface area (Å²) in [6.07, 6.45) is 0. The van der Waals surface area contributed by atoms with Gasteiger partial charge in [0.15, 0.2) is 16.6 Å². The largest absolute Gasteiger partial charge is 0.493 e. The SMILES string of the molecule is COc1ccc(C(=O)c2sc(Nc3cccc(C)c3)nc2N)cc1OC. The highest BCUT2D eigenvalue weighted by Crippen LogP contribution is 2.33. The second-order valence-electron chi connectivity index (χ2n) is 5.63. The Morgan fingerprint density at radius 1 is 1.12 bits per heavy atom. The number of anilines is 3. The lowest BCUT2D eigenvalue weighted by molar-refractivity contribution is 0.104. The van der Waals surface area contributed by atoms with Crippen LogP contribution in [0.4, 0.5) is 16.6 Å². The molecule has 26 heavy (non-hydrogen) atoms. The van der Waals surface area contributed by atoms with E-state index in [2.05, 4.69) is 10.3 Å². The van der Waals surface area contributed by atoms with Crippen LogP contribution < -0.4 is 20.5 Å². The molecule has 0 fully saturated rings. The van der Waals surface area contributed by atoms with Gasteiger partial charge < -0.3 is 20.5 Å². The summed E-state index contributed by atoms with van der Waals surface area (Å²) in [4.78, 5) is 17.5. The first-order valence-electron chi connectivity index (χ1n) is 7.88. The number of benzene rings is 2. The van der Waals surface area contributed by atoms with Crippen molar-refractivity contribution < 1.29 is 14.3 Å². The molecule has 1 heterocycles. The summed E-state index contributed by atoms with van der Waals surface area (Å²) in [7, 11) is 3.07. The molecule has 0 saturated carbocycles. The fourth-order valence-corrected chi connectivity index (χ4v) is 3.37. The van der Waals surface area contributed by atoms with Crippen LogP contribution in [-0.4, -0.2) is 25.0 Å². The Hall–Kier alpha value is -3.06. The van der Waals surface area contributed by atoms with Gasteiger partial charge in [-0.3, -0.25) is 4.79 Å². The molecule has 0 aliphatic heterocycles. The normalized spacial score (nSPS) is 10.4. The number of carbonyl (C=O) groups excluding carboxylic acids is 1. The number of thiazole rings is 1. The predicted octanol–water partition coefficient (Wildman–Crippen LogP) is 4.03. The number of nitrogens with zero attached hydrogens (tertiary/aromatic N) is 1. The first-order valence-corrected chi connectivity index (χ1v) is 8.70. The van der Waals surface area contributed by atoms with E-state index in [-0.39, 0.29) is 11.6 Å². The lowest BCUT2D eigenvalue weighted by atomic mass is 10.1. The Morgan fingerprint density at radius 2 is 1.88 bits per heavy atom. The van der Waals surface area contributed by atoms with Crippen LogP contribution in [0.25, 0.3) is 0 Å². The maximum absolute atomic E-state index is 12.8. The van der Waals surface area contributed by atoms with Crippen LogP contribution >= 0.6 is 11.3 Å². The number of methoxy groups -OCH3 is 2. The number of ether oxygens (including phenoxy) is 2. The topological polar surface area (TPSA) is 86.5 Å². The van der Waals surface area contributed by atoms with Gasteiger partial charge in [-0.15, -0.1) is 0 Å². The number of nitrogen functional groups attached to an aromatic ring is 1. The smallest absolute Gasteiger partial charge is 0.206 e. The number of aryl methyl sites for hydroxylation is 1. The molecule has 0 amide bonds. The third-order valence-electron chi connectivity index (χ3n) is 3.77. The van der Waals surface area contributed by atoms with Crippen LogP contribution in [0.2, 0.25) is 0 Å². The van der Waals surface area contributed by atoms with Gasteiger partial charge in [-0.1, -0.05) is 23.5 Å². The Morgan fingerprint density at radius 3 is 2.58 bits per heavy atom. The second kappa shape index (κ2) is 7.45. The van der Waals surface area contributed by atoms with E-state index < -0.39 is 0 Å². The van der Waals surface area contributed by atoms with Crippen molar-refractivity contribution >= 4 is 33.8 Å². The lowest BCUT2D eigenvalue weighted by Gasteiger charge is -2.08. The van der Waals surface area contributed by atoms with Crippen molar-refractivity contribution in [3.05, 3.63) is 58.5 Å². The Labute approximate surface area is 155 Å². The summed E-state index contributed by atoms with van der Waals surface area (Å²) < 4.78 is 10.5. The molecule has 6 nitrogen and oxygen atoms in total.